The van der Waals surface area contributed by atoms with E-state index in [1.807, 2.05) is 0 Å². The Morgan fingerprint density at radius 1 is 1.55 bits per heavy atom. The van der Waals surface area contributed by atoms with Gasteiger partial charge in [-0.15, -0.1) is 23.7 Å². The number of sulfonamides is 1. The molecule has 1 aromatic rings. The summed E-state index contributed by atoms with van der Waals surface area (Å²) in [6, 6.07) is 1.31. The van der Waals surface area contributed by atoms with Crippen LogP contribution in [0.5, 0.6) is 0 Å². The normalized spacial score (nSPS) is 18.6. The van der Waals surface area contributed by atoms with Crippen molar-refractivity contribution in [2.24, 2.45) is 11.1 Å². The molecule has 0 radical (unpaired) electrons. The molecular formula is C11H18ClN3O3S2. The number of nitrogens with two attached hydrogens (primary N) is 1. The maximum absolute atomic E-state index is 11.8. The number of hydrogen-bond donors (Lipinski definition) is 3. The summed E-state index contributed by atoms with van der Waals surface area (Å²) < 4.78 is 22.2. The molecule has 1 atom stereocenters. The van der Waals surface area contributed by atoms with Crippen LogP contribution in [0, 0.1) is 5.92 Å². The minimum Gasteiger partial charge on any atom is -0.352 e. The van der Waals surface area contributed by atoms with Crippen LogP contribution in [0.25, 0.3) is 0 Å². The fourth-order valence-electron chi connectivity index (χ4n) is 2.04. The van der Waals surface area contributed by atoms with Crippen LogP contribution in [-0.2, 0) is 10.0 Å². The van der Waals surface area contributed by atoms with Gasteiger partial charge in [0.1, 0.15) is 4.21 Å². The van der Waals surface area contributed by atoms with Crippen LogP contribution in [-0.4, -0.2) is 34.0 Å². The second-order valence-corrected chi connectivity index (χ2v) is 7.30. The molecule has 0 bridgehead atoms. The Balaban J connectivity index is 0.00000200. The Labute approximate surface area is 128 Å². The lowest BCUT2D eigenvalue weighted by Gasteiger charge is -2.08. The van der Waals surface area contributed by atoms with Gasteiger partial charge in [0.05, 0.1) is 5.56 Å². The molecule has 1 amide bonds. The summed E-state index contributed by atoms with van der Waals surface area (Å²) in [5.41, 5.74) is 0.346. The predicted molar refractivity (Wildman–Crippen MR) is 80.9 cm³/mol. The summed E-state index contributed by atoms with van der Waals surface area (Å²) in [4.78, 5) is 11.8. The van der Waals surface area contributed by atoms with Crippen LogP contribution in [0.4, 0.5) is 0 Å². The second-order valence-electron chi connectivity index (χ2n) is 4.60. The number of primary sulfonamides is 1. The summed E-state index contributed by atoms with van der Waals surface area (Å²) in [5, 5.41) is 12.6. The number of nitrogens with one attached hydrogen (secondary N) is 2. The van der Waals surface area contributed by atoms with E-state index in [2.05, 4.69) is 10.6 Å². The van der Waals surface area contributed by atoms with E-state index in [1.54, 1.807) is 0 Å². The fourth-order valence-corrected chi connectivity index (χ4v) is 3.62. The van der Waals surface area contributed by atoms with Gasteiger partial charge in [0, 0.05) is 11.9 Å². The van der Waals surface area contributed by atoms with Gasteiger partial charge >= 0.3 is 0 Å². The molecule has 20 heavy (non-hydrogen) atoms. The van der Waals surface area contributed by atoms with Gasteiger partial charge in [-0.25, -0.2) is 13.6 Å². The van der Waals surface area contributed by atoms with Crippen LogP contribution >= 0.6 is 23.7 Å². The summed E-state index contributed by atoms with van der Waals surface area (Å²) in [5.74, 6) is 0.361. The summed E-state index contributed by atoms with van der Waals surface area (Å²) in [6.07, 6.45) is 2.08. The number of thiophene rings is 1. The average Bonchev–Trinajstić information content (AvgIpc) is 2.99. The Kier molecular flexibility index (Phi) is 6.41. The van der Waals surface area contributed by atoms with E-state index in [4.69, 9.17) is 5.14 Å². The third kappa shape index (κ3) is 4.71. The molecule has 1 unspecified atom stereocenters. The number of rotatable bonds is 5. The summed E-state index contributed by atoms with van der Waals surface area (Å²) in [6.45, 7) is 2.65. The van der Waals surface area contributed by atoms with Crippen LogP contribution in [0.1, 0.15) is 23.2 Å². The Bertz CT molecular complexity index is 553. The van der Waals surface area contributed by atoms with E-state index < -0.39 is 10.0 Å². The zero-order chi connectivity index (χ0) is 13.9. The maximum Gasteiger partial charge on any atom is 0.252 e. The zero-order valence-corrected chi connectivity index (χ0v) is 13.2. The van der Waals surface area contributed by atoms with E-state index in [0.717, 1.165) is 37.3 Å². The van der Waals surface area contributed by atoms with Crippen molar-refractivity contribution in [2.75, 3.05) is 19.6 Å². The van der Waals surface area contributed by atoms with Crippen LogP contribution in [0.3, 0.4) is 0 Å². The molecule has 114 valence electrons. The van der Waals surface area contributed by atoms with Crippen molar-refractivity contribution in [3.8, 4) is 0 Å². The minimum absolute atomic E-state index is 0. The van der Waals surface area contributed by atoms with Gasteiger partial charge < -0.3 is 10.6 Å². The van der Waals surface area contributed by atoms with Crippen molar-refractivity contribution in [3.63, 3.8) is 0 Å². The molecule has 0 spiro atoms. The summed E-state index contributed by atoms with van der Waals surface area (Å²) in [7, 11) is -3.72. The molecule has 1 aliphatic rings. The maximum atomic E-state index is 11.8. The number of halogens is 1. The van der Waals surface area contributed by atoms with Gasteiger partial charge in [-0.3, -0.25) is 4.79 Å². The molecule has 0 aliphatic carbocycles. The van der Waals surface area contributed by atoms with E-state index in [1.165, 1.54) is 11.4 Å². The first kappa shape index (κ1) is 17.4. The molecule has 1 fully saturated rings. The Hall–Kier alpha value is -0.670. The SMILES string of the molecule is Cl.NS(=O)(=O)c1cc(C(=O)NCCC2CCNC2)cs1. The lowest BCUT2D eigenvalue weighted by atomic mass is 10.1. The predicted octanol–water partition coefficient (Wildman–Crippen LogP) is 0.547. The third-order valence-corrected chi connectivity index (χ3v) is 5.50. The minimum atomic E-state index is -3.72. The molecular weight excluding hydrogens is 322 g/mol. The van der Waals surface area contributed by atoms with Crippen molar-refractivity contribution < 1.29 is 13.2 Å². The van der Waals surface area contributed by atoms with Crippen LogP contribution in [0.2, 0.25) is 0 Å². The van der Waals surface area contributed by atoms with Crippen LogP contribution in [0.15, 0.2) is 15.7 Å². The largest absolute Gasteiger partial charge is 0.352 e. The fraction of sp³-hybridized carbons (Fsp3) is 0.545. The third-order valence-electron chi connectivity index (χ3n) is 3.12. The molecule has 1 saturated heterocycles. The van der Waals surface area contributed by atoms with Gasteiger partial charge in [0.25, 0.3) is 5.91 Å². The van der Waals surface area contributed by atoms with E-state index >= 15 is 0 Å². The topological polar surface area (TPSA) is 101 Å². The molecule has 9 heteroatoms. The van der Waals surface area contributed by atoms with Crippen molar-refractivity contribution in [3.05, 3.63) is 17.0 Å². The lowest BCUT2D eigenvalue weighted by molar-refractivity contribution is 0.0952. The van der Waals surface area contributed by atoms with Gasteiger partial charge in [-0.05, 0) is 37.9 Å². The molecule has 1 aromatic heterocycles. The quantitative estimate of drug-likeness (QED) is 0.729. The number of carbonyl (C=O) groups excluding carboxylic acids is 1. The number of amides is 1. The van der Waals surface area contributed by atoms with E-state index in [-0.39, 0.29) is 22.5 Å². The molecule has 2 rings (SSSR count). The van der Waals surface area contributed by atoms with Gasteiger partial charge in [0.2, 0.25) is 10.0 Å². The number of carbonyl (C=O) groups is 1. The first-order chi connectivity index (χ1) is 8.97. The van der Waals surface area contributed by atoms with Crippen molar-refractivity contribution in [1.29, 1.82) is 0 Å². The van der Waals surface area contributed by atoms with E-state index in [0.29, 0.717) is 18.0 Å². The van der Waals surface area contributed by atoms with Crippen molar-refractivity contribution >= 4 is 39.7 Å². The Morgan fingerprint density at radius 2 is 2.30 bits per heavy atom. The Morgan fingerprint density at radius 3 is 2.85 bits per heavy atom. The number of hydrogen-bond acceptors (Lipinski definition) is 5. The van der Waals surface area contributed by atoms with Crippen molar-refractivity contribution in [1.82, 2.24) is 10.6 Å². The molecule has 6 nitrogen and oxygen atoms in total. The average molecular weight is 340 g/mol. The summed E-state index contributed by atoms with van der Waals surface area (Å²) >= 11 is 0.960. The smallest absolute Gasteiger partial charge is 0.252 e. The molecule has 2 heterocycles. The first-order valence-corrected chi connectivity index (χ1v) is 8.49. The van der Waals surface area contributed by atoms with E-state index in [9.17, 15) is 13.2 Å². The highest BCUT2D eigenvalue weighted by Gasteiger charge is 2.17. The van der Waals surface area contributed by atoms with Gasteiger partial charge in [0.15, 0.2) is 0 Å². The molecule has 0 saturated carbocycles. The highest BCUT2D eigenvalue weighted by molar-refractivity contribution is 7.91. The molecule has 0 aromatic carbocycles. The highest BCUT2D eigenvalue weighted by atomic mass is 35.5. The monoisotopic (exact) mass is 339 g/mol. The molecule has 4 N–H and O–H groups in total. The second kappa shape index (κ2) is 7.37. The standard InChI is InChI=1S/C11H17N3O3S2.ClH/c12-19(16,17)10-5-9(7-18-10)11(15)14-4-2-8-1-3-13-6-8;/h5,7-8,13H,1-4,6H2,(H,14,15)(H2,12,16,17);1H. The zero-order valence-electron chi connectivity index (χ0n) is 10.8. The lowest BCUT2D eigenvalue weighted by Crippen LogP contribution is -2.26. The highest BCUT2D eigenvalue weighted by Crippen LogP contribution is 2.18. The molecule has 1 aliphatic heterocycles. The van der Waals surface area contributed by atoms with Crippen LogP contribution < -0.4 is 15.8 Å². The van der Waals surface area contributed by atoms with Crippen molar-refractivity contribution in [2.45, 2.75) is 17.1 Å². The first-order valence-electron chi connectivity index (χ1n) is 6.07. The van der Waals surface area contributed by atoms with Gasteiger partial charge in [-0.2, -0.15) is 0 Å². The van der Waals surface area contributed by atoms with Gasteiger partial charge in [-0.1, -0.05) is 0 Å².